The molecule has 0 aliphatic carbocycles. The number of carbonyl (C=O) groups is 1. The van der Waals surface area contributed by atoms with E-state index in [0.29, 0.717) is 18.1 Å². The molecule has 1 aromatic carbocycles. The van der Waals surface area contributed by atoms with E-state index in [1.165, 1.54) is 27.5 Å². The number of piperidine rings is 1. The molecule has 0 radical (unpaired) electrons. The molecular formula is C19H20N4O2S. The van der Waals surface area contributed by atoms with Crippen molar-refractivity contribution in [1.29, 1.82) is 0 Å². The fourth-order valence-corrected chi connectivity index (χ4v) is 4.20. The van der Waals surface area contributed by atoms with Crippen molar-refractivity contribution < 1.29 is 4.79 Å². The summed E-state index contributed by atoms with van der Waals surface area (Å²) in [5.74, 6) is -0.250. The maximum Gasteiger partial charge on any atom is 0.271 e. The second-order valence-corrected chi connectivity index (χ2v) is 7.71. The predicted molar refractivity (Wildman–Crippen MR) is 102 cm³/mol. The third kappa shape index (κ3) is 3.27. The molecule has 1 fully saturated rings. The van der Waals surface area contributed by atoms with E-state index in [2.05, 4.69) is 17.1 Å². The lowest BCUT2D eigenvalue weighted by atomic mass is 10.1. The zero-order chi connectivity index (χ0) is 18.1. The number of hydrogen-bond donors (Lipinski definition) is 1. The Bertz CT molecular complexity index is 988. The van der Waals surface area contributed by atoms with Gasteiger partial charge >= 0.3 is 0 Å². The van der Waals surface area contributed by atoms with Crippen molar-refractivity contribution in [1.82, 2.24) is 14.3 Å². The van der Waals surface area contributed by atoms with Gasteiger partial charge < -0.3 is 10.6 Å². The lowest BCUT2D eigenvalue weighted by molar-refractivity contribution is 0.0712. The van der Waals surface area contributed by atoms with Crippen LogP contribution in [0.25, 0.3) is 4.96 Å². The minimum Gasteiger partial charge on any atom is -0.338 e. The average Bonchev–Trinajstić information content (AvgIpc) is 3.06. The van der Waals surface area contributed by atoms with E-state index in [9.17, 15) is 9.59 Å². The number of likely N-dealkylation sites (tertiary alicyclic amines) is 1. The summed E-state index contributed by atoms with van der Waals surface area (Å²) >= 11 is 1.47. The fourth-order valence-electron chi connectivity index (χ4n) is 3.23. The highest BCUT2D eigenvalue weighted by atomic mass is 32.1. The van der Waals surface area contributed by atoms with Crippen LogP contribution in [0.1, 0.15) is 33.6 Å². The highest BCUT2D eigenvalue weighted by molar-refractivity contribution is 7.17. The van der Waals surface area contributed by atoms with Gasteiger partial charge in [0.25, 0.3) is 11.5 Å². The molecule has 1 aliphatic heterocycles. The lowest BCUT2D eigenvalue weighted by Gasteiger charge is -2.29. The molecule has 0 atom stereocenters. The number of nitrogens with zero attached hydrogens (tertiary/aromatic N) is 3. The lowest BCUT2D eigenvalue weighted by Crippen LogP contribution is -2.44. The molecular weight excluding hydrogens is 348 g/mol. The number of fused-ring (bicyclic) bond motifs is 1. The Kier molecular flexibility index (Phi) is 4.57. The van der Waals surface area contributed by atoms with E-state index in [0.717, 1.165) is 24.1 Å². The van der Waals surface area contributed by atoms with Crippen molar-refractivity contribution in [2.45, 2.75) is 25.3 Å². The van der Waals surface area contributed by atoms with Gasteiger partial charge in [-0.15, -0.1) is 11.3 Å². The standard InChI is InChI=1S/C19H20N4O2S/c20-14-6-8-22(9-7-14)17(24)16-11-21-19-23(18(16)25)12-15(26-19)10-13-4-2-1-3-5-13/h1-5,11-12,14H,6-10,20H2. The molecule has 3 aromatic rings. The van der Waals surface area contributed by atoms with Gasteiger partial charge in [0.15, 0.2) is 4.96 Å². The van der Waals surface area contributed by atoms with Crippen LogP contribution in [0.5, 0.6) is 0 Å². The van der Waals surface area contributed by atoms with E-state index >= 15 is 0 Å². The summed E-state index contributed by atoms with van der Waals surface area (Å²) in [6, 6.07) is 10.2. The quantitative estimate of drug-likeness (QED) is 0.766. The second kappa shape index (κ2) is 7.01. The third-order valence-corrected chi connectivity index (χ3v) is 5.73. The molecule has 1 amide bonds. The number of carbonyl (C=O) groups excluding carboxylic acids is 1. The molecule has 134 valence electrons. The zero-order valence-corrected chi connectivity index (χ0v) is 15.1. The first kappa shape index (κ1) is 16.9. The Morgan fingerprint density at radius 1 is 1.23 bits per heavy atom. The van der Waals surface area contributed by atoms with Crippen LogP contribution in [0.15, 0.2) is 47.5 Å². The maximum absolute atomic E-state index is 12.8. The van der Waals surface area contributed by atoms with Crippen LogP contribution < -0.4 is 11.3 Å². The third-order valence-electron chi connectivity index (χ3n) is 4.73. The minimum atomic E-state index is -0.301. The van der Waals surface area contributed by atoms with Gasteiger partial charge in [-0.2, -0.15) is 0 Å². The van der Waals surface area contributed by atoms with E-state index in [1.54, 1.807) is 11.1 Å². The van der Waals surface area contributed by atoms with Gasteiger partial charge in [0.1, 0.15) is 5.56 Å². The zero-order valence-electron chi connectivity index (χ0n) is 14.3. The largest absolute Gasteiger partial charge is 0.338 e. The molecule has 2 N–H and O–H groups in total. The van der Waals surface area contributed by atoms with Crippen LogP contribution in [0.4, 0.5) is 0 Å². The topological polar surface area (TPSA) is 80.7 Å². The molecule has 3 heterocycles. The molecule has 0 saturated carbocycles. The van der Waals surface area contributed by atoms with Crippen molar-refractivity contribution in [3.63, 3.8) is 0 Å². The summed E-state index contributed by atoms with van der Waals surface area (Å²) in [4.78, 5) is 33.2. The molecule has 0 unspecified atom stereocenters. The summed E-state index contributed by atoms with van der Waals surface area (Å²) in [7, 11) is 0. The van der Waals surface area contributed by atoms with Crippen LogP contribution in [-0.2, 0) is 6.42 Å². The Morgan fingerprint density at radius 2 is 1.96 bits per heavy atom. The van der Waals surface area contributed by atoms with Gasteiger partial charge in [0.05, 0.1) is 0 Å². The van der Waals surface area contributed by atoms with E-state index in [-0.39, 0.29) is 23.1 Å². The number of aromatic nitrogens is 2. The fraction of sp³-hybridized carbons (Fsp3) is 0.316. The van der Waals surface area contributed by atoms with E-state index in [1.807, 2.05) is 18.2 Å². The molecule has 4 rings (SSSR count). The summed E-state index contributed by atoms with van der Waals surface area (Å²) in [5, 5.41) is 0. The molecule has 0 spiro atoms. The summed E-state index contributed by atoms with van der Waals surface area (Å²) < 4.78 is 1.49. The summed E-state index contributed by atoms with van der Waals surface area (Å²) in [5.41, 5.74) is 6.89. The van der Waals surface area contributed by atoms with Gasteiger partial charge in [-0.05, 0) is 18.4 Å². The number of nitrogens with two attached hydrogens (primary N) is 1. The average molecular weight is 368 g/mol. The van der Waals surface area contributed by atoms with Crippen LogP contribution in [-0.4, -0.2) is 39.3 Å². The van der Waals surface area contributed by atoms with E-state index < -0.39 is 0 Å². The van der Waals surface area contributed by atoms with Crippen LogP contribution in [0, 0.1) is 0 Å². The first-order chi connectivity index (χ1) is 12.6. The van der Waals surface area contributed by atoms with Crippen LogP contribution in [0.3, 0.4) is 0 Å². The van der Waals surface area contributed by atoms with Crippen LogP contribution in [0.2, 0.25) is 0 Å². The van der Waals surface area contributed by atoms with Crippen molar-refractivity contribution in [3.05, 3.63) is 69.1 Å². The molecule has 26 heavy (non-hydrogen) atoms. The molecule has 0 bridgehead atoms. The number of amides is 1. The smallest absolute Gasteiger partial charge is 0.271 e. The SMILES string of the molecule is NC1CCN(C(=O)c2cnc3sc(Cc4ccccc4)cn3c2=O)CC1. The van der Waals surface area contributed by atoms with Gasteiger partial charge in [-0.3, -0.25) is 14.0 Å². The van der Waals surface area contributed by atoms with E-state index in [4.69, 9.17) is 5.73 Å². The normalized spacial score (nSPS) is 15.5. The Balaban J connectivity index is 1.62. The van der Waals surface area contributed by atoms with Gasteiger partial charge in [-0.1, -0.05) is 30.3 Å². The number of thiazole rings is 1. The maximum atomic E-state index is 12.8. The van der Waals surface area contributed by atoms with Gasteiger partial charge in [0.2, 0.25) is 0 Å². The number of benzene rings is 1. The Labute approximate surface area is 154 Å². The Hall–Kier alpha value is -2.51. The van der Waals surface area contributed by atoms with Crippen molar-refractivity contribution >= 4 is 22.2 Å². The summed E-state index contributed by atoms with van der Waals surface area (Å²) in [6.07, 6.45) is 5.48. The Morgan fingerprint density at radius 3 is 2.69 bits per heavy atom. The van der Waals surface area contributed by atoms with Crippen LogP contribution >= 0.6 is 11.3 Å². The highest BCUT2D eigenvalue weighted by Crippen LogP contribution is 2.19. The number of rotatable bonds is 3. The molecule has 1 saturated heterocycles. The van der Waals surface area contributed by atoms with Gasteiger partial charge in [0, 0.05) is 42.8 Å². The van der Waals surface area contributed by atoms with Crippen molar-refractivity contribution in [3.8, 4) is 0 Å². The first-order valence-corrected chi connectivity index (χ1v) is 9.52. The van der Waals surface area contributed by atoms with Crippen molar-refractivity contribution in [2.75, 3.05) is 13.1 Å². The highest BCUT2D eigenvalue weighted by Gasteiger charge is 2.24. The van der Waals surface area contributed by atoms with Crippen molar-refractivity contribution in [2.24, 2.45) is 5.73 Å². The molecule has 2 aromatic heterocycles. The summed E-state index contributed by atoms with van der Waals surface area (Å²) in [6.45, 7) is 1.18. The second-order valence-electron chi connectivity index (χ2n) is 6.62. The number of hydrogen-bond acceptors (Lipinski definition) is 5. The van der Waals surface area contributed by atoms with Gasteiger partial charge in [-0.25, -0.2) is 4.98 Å². The molecule has 1 aliphatic rings. The first-order valence-electron chi connectivity index (χ1n) is 8.70. The molecule has 6 nitrogen and oxygen atoms in total. The molecule has 7 heteroatoms. The monoisotopic (exact) mass is 368 g/mol. The minimum absolute atomic E-state index is 0.127. The predicted octanol–water partition coefficient (Wildman–Crippen LogP) is 1.91.